The minimum atomic E-state index is -0.404. The summed E-state index contributed by atoms with van der Waals surface area (Å²) in [6, 6.07) is 12.2. The second-order valence-corrected chi connectivity index (χ2v) is 11.1. The number of hydrogen-bond donors (Lipinski definition) is 2. The smallest absolute Gasteiger partial charge is 0.270 e. The summed E-state index contributed by atoms with van der Waals surface area (Å²) in [6.07, 6.45) is 3.17. The number of aromatic amines is 1. The first kappa shape index (κ1) is 23.8. The van der Waals surface area contributed by atoms with E-state index < -0.39 is 6.10 Å². The molecule has 6 nitrogen and oxygen atoms in total. The van der Waals surface area contributed by atoms with Crippen molar-refractivity contribution in [1.82, 2.24) is 14.8 Å². The van der Waals surface area contributed by atoms with E-state index in [1.54, 1.807) is 12.1 Å². The maximum atomic E-state index is 13.5. The molecular formula is C28H31ClFN3O3. The number of aliphatic hydroxyl groups is 1. The molecule has 1 aromatic heterocycles. The Morgan fingerprint density at radius 3 is 2.69 bits per heavy atom. The summed E-state index contributed by atoms with van der Waals surface area (Å²) in [5.41, 5.74) is 2.56. The third-order valence-corrected chi connectivity index (χ3v) is 8.70. The molecule has 1 spiro atoms. The van der Waals surface area contributed by atoms with Crippen molar-refractivity contribution in [2.24, 2.45) is 5.92 Å². The van der Waals surface area contributed by atoms with Gasteiger partial charge in [0.05, 0.1) is 12.7 Å². The average Bonchev–Trinajstić information content (AvgIpc) is 3.46. The van der Waals surface area contributed by atoms with Gasteiger partial charge in [-0.3, -0.25) is 4.79 Å². The van der Waals surface area contributed by atoms with Crippen LogP contribution in [0.5, 0.6) is 5.75 Å². The number of hydrogen-bond acceptors (Lipinski definition) is 4. The van der Waals surface area contributed by atoms with Crippen molar-refractivity contribution >= 4 is 28.4 Å². The number of carbonyl (C=O) groups excluding carboxylic acids is 1. The molecule has 0 bridgehead atoms. The maximum absolute atomic E-state index is 13.5. The lowest BCUT2D eigenvalue weighted by molar-refractivity contribution is 0.0181. The van der Waals surface area contributed by atoms with E-state index in [4.69, 9.17) is 16.3 Å². The maximum Gasteiger partial charge on any atom is 0.270 e. The third-order valence-electron chi connectivity index (χ3n) is 8.46. The van der Waals surface area contributed by atoms with Gasteiger partial charge in [-0.1, -0.05) is 17.7 Å². The SMILES string of the molecule is O=C(c1cc2cc(F)ccc2[nH]1)N1CCC(C(O)CN2CCC3(CC2)COc2cc(Cl)ccc23)CC1. The van der Waals surface area contributed by atoms with Gasteiger partial charge in [-0.2, -0.15) is 0 Å². The van der Waals surface area contributed by atoms with Crippen LogP contribution in [0.1, 0.15) is 41.7 Å². The van der Waals surface area contributed by atoms with Gasteiger partial charge in [0.25, 0.3) is 5.91 Å². The van der Waals surface area contributed by atoms with Gasteiger partial charge in [0.1, 0.15) is 17.3 Å². The normalized spacial score (nSPS) is 21.0. The Morgan fingerprint density at radius 2 is 1.92 bits per heavy atom. The molecule has 0 radical (unpaired) electrons. The average molecular weight is 512 g/mol. The summed E-state index contributed by atoms with van der Waals surface area (Å²) in [5, 5.41) is 12.4. The molecule has 3 aromatic rings. The molecular weight excluding hydrogens is 481 g/mol. The van der Waals surface area contributed by atoms with Crippen LogP contribution in [-0.2, 0) is 5.41 Å². The van der Waals surface area contributed by atoms with Gasteiger partial charge in [0, 0.05) is 46.5 Å². The number of amides is 1. The van der Waals surface area contributed by atoms with Gasteiger partial charge in [-0.05, 0) is 81.1 Å². The number of halogens is 2. The van der Waals surface area contributed by atoms with E-state index in [0.29, 0.717) is 42.3 Å². The summed E-state index contributed by atoms with van der Waals surface area (Å²) in [4.78, 5) is 20.3. The van der Waals surface area contributed by atoms with Crippen LogP contribution in [-0.4, -0.2) is 71.2 Å². The first-order chi connectivity index (χ1) is 17.4. The van der Waals surface area contributed by atoms with E-state index in [1.165, 1.54) is 17.7 Å². The number of nitrogens with one attached hydrogen (secondary N) is 1. The van der Waals surface area contributed by atoms with Crippen molar-refractivity contribution in [3.8, 4) is 5.75 Å². The van der Waals surface area contributed by atoms with Crippen molar-refractivity contribution in [2.75, 3.05) is 39.3 Å². The van der Waals surface area contributed by atoms with E-state index >= 15 is 0 Å². The van der Waals surface area contributed by atoms with Crippen molar-refractivity contribution < 1.29 is 19.0 Å². The second-order valence-electron chi connectivity index (χ2n) is 10.6. The zero-order valence-corrected chi connectivity index (χ0v) is 20.9. The summed E-state index contributed by atoms with van der Waals surface area (Å²) < 4.78 is 19.5. The number of β-amino-alcohol motifs (C(OH)–C–C–N with tert-alkyl or cyclic N) is 1. The fraction of sp³-hybridized carbons (Fsp3) is 0.464. The predicted molar refractivity (Wildman–Crippen MR) is 137 cm³/mol. The molecule has 3 aliphatic rings. The Morgan fingerprint density at radius 1 is 1.14 bits per heavy atom. The number of benzene rings is 2. The molecule has 8 heteroatoms. The van der Waals surface area contributed by atoms with Crippen LogP contribution in [0.2, 0.25) is 5.02 Å². The van der Waals surface area contributed by atoms with Crippen LogP contribution in [0, 0.1) is 11.7 Å². The van der Waals surface area contributed by atoms with Crippen LogP contribution in [0.4, 0.5) is 4.39 Å². The van der Waals surface area contributed by atoms with Crippen molar-refractivity contribution in [3.05, 3.63) is 64.6 Å². The Balaban J connectivity index is 1.01. The first-order valence-corrected chi connectivity index (χ1v) is 13.2. The molecule has 1 amide bonds. The van der Waals surface area contributed by atoms with Gasteiger partial charge < -0.3 is 24.6 Å². The largest absolute Gasteiger partial charge is 0.492 e. The number of ether oxygens (including phenoxy) is 1. The first-order valence-electron chi connectivity index (χ1n) is 12.8. The van der Waals surface area contributed by atoms with Crippen molar-refractivity contribution in [3.63, 3.8) is 0 Å². The van der Waals surface area contributed by atoms with Crippen molar-refractivity contribution in [2.45, 2.75) is 37.2 Å². The summed E-state index contributed by atoms with van der Waals surface area (Å²) in [7, 11) is 0. The highest BCUT2D eigenvalue weighted by atomic mass is 35.5. The molecule has 1 atom stereocenters. The molecule has 0 saturated carbocycles. The molecule has 2 saturated heterocycles. The molecule has 3 aliphatic heterocycles. The number of aromatic nitrogens is 1. The second kappa shape index (κ2) is 9.36. The minimum absolute atomic E-state index is 0.0570. The molecule has 4 heterocycles. The highest BCUT2D eigenvalue weighted by Crippen LogP contribution is 2.46. The molecule has 36 heavy (non-hydrogen) atoms. The molecule has 2 fully saturated rings. The molecule has 1 unspecified atom stereocenters. The highest BCUT2D eigenvalue weighted by molar-refractivity contribution is 6.30. The number of likely N-dealkylation sites (tertiary alicyclic amines) is 2. The highest BCUT2D eigenvalue weighted by Gasteiger charge is 2.43. The van der Waals surface area contributed by atoms with Crippen molar-refractivity contribution in [1.29, 1.82) is 0 Å². The summed E-state index contributed by atoms with van der Waals surface area (Å²) >= 11 is 6.13. The Bertz CT molecular complexity index is 1280. The van der Waals surface area contributed by atoms with Crippen LogP contribution < -0.4 is 4.74 Å². The molecule has 2 N–H and O–H groups in total. The van der Waals surface area contributed by atoms with E-state index in [1.807, 2.05) is 17.0 Å². The van der Waals surface area contributed by atoms with E-state index in [0.717, 1.165) is 50.0 Å². The third kappa shape index (κ3) is 4.38. The number of H-pyrrole nitrogens is 1. The van der Waals surface area contributed by atoms with E-state index in [-0.39, 0.29) is 23.1 Å². The molecule has 2 aromatic carbocycles. The lowest BCUT2D eigenvalue weighted by atomic mass is 9.74. The monoisotopic (exact) mass is 511 g/mol. The lowest BCUT2D eigenvalue weighted by Gasteiger charge is -2.41. The van der Waals surface area contributed by atoms with Gasteiger partial charge in [0.2, 0.25) is 0 Å². The quantitative estimate of drug-likeness (QED) is 0.537. The van der Waals surface area contributed by atoms with E-state index in [9.17, 15) is 14.3 Å². The molecule has 6 rings (SSSR count). The predicted octanol–water partition coefficient (Wildman–Crippen LogP) is 4.60. The standard InChI is InChI=1S/C28H31ClFN3O3/c29-20-1-3-22-26(15-20)36-17-28(22)7-11-32(12-8-28)16-25(34)18-5-9-33(10-6-18)27(35)24-14-19-13-21(30)2-4-23(19)31-24/h1-4,13-15,18,25,31,34H,5-12,16-17H2. The number of aliphatic hydroxyl groups excluding tert-OH is 1. The zero-order valence-electron chi connectivity index (χ0n) is 20.2. The topological polar surface area (TPSA) is 68.8 Å². The van der Waals surface area contributed by atoms with Crippen LogP contribution in [0.15, 0.2) is 42.5 Å². The Hall–Kier alpha value is -2.61. The fourth-order valence-corrected chi connectivity index (χ4v) is 6.38. The number of piperidine rings is 2. The fourth-order valence-electron chi connectivity index (χ4n) is 6.21. The Labute approximate surface area is 215 Å². The number of carbonyl (C=O) groups is 1. The summed E-state index contributed by atoms with van der Waals surface area (Å²) in [6.45, 7) is 4.46. The minimum Gasteiger partial charge on any atom is -0.492 e. The lowest BCUT2D eigenvalue weighted by Crippen LogP contribution is -2.48. The van der Waals surface area contributed by atoms with Crippen LogP contribution in [0.25, 0.3) is 10.9 Å². The summed E-state index contributed by atoms with van der Waals surface area (Å²) in [5.74, 6) is 0.711. The zero-order chi connectivity index (χ0) is 24.9. The molecule has 190 valence electrons. The number of fused-ring (bicyclic) bond motifs is 3. The Kier molecular flexibility index (Phi) is 6.18. The van der Waals surface area contributed by atoms with Gasteiger partial charge in [-0.25, -0.2) is 4.39 Å². The number of rotatable bonds is 4. The van der Waals surface area contributed by atoms with Gasteiger partial charge in [-0.15, -0.1) is 0 Å². The number of nitrogens with zero attached hydrogens (tertiary/aromatic N) is 2. The van der Waals surface area contributed by atoms with Gasteiger partial charge in [0.15, 0.2) is 0 Å². The van der Waals surface area contributed by atoms with Crippen LogP contribution >= 0.6 is 11.6 Å². The van der Waals surface area contributed by atoms with Crippen LogP contribution in [0.3, 0.4) is 0 Å². The van der Waals surface area contributed by atoms with Gasteiger partial charge >= 0.3 is 0 Å². The van der Waals surface area contributed by atoms with E-state index in [2.05, 4.69) is 16.0 Å². The molecule has 0 aliphatic carbocycles.